The Morgan fingerprint density at radius 1 is 1.41 bits per heavy atom. The van der Waals surface area contributed by atoms with Crippen molar-refractivity contribution >= 4 is 17.5 Å². The molecule has 2 aromatic heterocycles. The van der Waals surface area contributed by atoms with Gasteiger partial charge in [0.25, 0.3) is 0 Å². The van der Waals surface area contributed by atoms with Crippen molar-refractivity contribution in [1.29, 1.82) is 0 Å². The predicted molar refractivity (Wildman–Crippen MR) is 76.4 cm³/mol. The van der Waals surface area contributed by atoms with E-state index in [0.29, 0.717) is 5.65 Å². The molecule has 0 bridgehead atoms. The number of carbonyl (C=O) groups excluding carboxylic acids is 1. The average Bonchev–Trinajstić information content (AvgIpc) is 3.28. The summed E-state index contributed by atoms with van der Waals surface area (Å²) in [4.78, 5) is 35.0. The molecule has 116 valence electrons. The second-order valence-electron chi connectivity index (χ2n) is 5.41. The lowest BCUT2D eigenvalue weighted by Crippen LogP contribution is -2.42. The Kier molecular flexibility index (Phi) is 3.66. The van der Waals surface area contributed by atoms with Crippen molar-refractivity contribution in [2.45, 2.75) is 31.8 Å². The van der Waals surface area contributed by atoms with Gasteiger partial charge in [-0.1, -0.05) is 6.07 Å². The zero-order valence-electron chi connectivity index (χ0n) is 11.8. The van der Waals surface area contributed by atoms with Crippen LogP contribution in [0.4, 0.5) is 0 Å². The van der Waals surface area contributed by atoms with Crippen molar-refractivity contribution in [2.24, 2.45) is 5.92 Å². The molecule has 0 aromatic carbocycles. The summed E-state index contributed by atoms with van der Waals surface area (Å²) in [5.74, 6) is -1.37. The quantitative estimate of drug-likeness (QED) is 0.773. The highest BCUT2D eigenvalue weighted by molar-refractivity contribution is 5.83. The fraction of sp³-hybridized carbons (Fsp3) is 0.429. The summed E-state index contributed by atoms with van der Waals surface area (Å²) < 4.78 is 2.60. The lowest BCUT2D eigenvalue weighted by molar-refractivity contribution is -0.142. The molecule has 1 unspecified atom stereocenters. The van der Waals surface area contributed by atoms with Crippen molar-refractivity contribution in [2.75, 3.05) is 0 Å². The van der Waals surface area contributed by atoms with E-state index >= 15 is 0 Å². The highest BCUT2D eigenvalue weighted by atomic mass is 16.4. The molecule has 0 saturated heterocycles. The zero-order valence-corrected chi connectivity index (χ0v) is 11.8. The maximum absolute atomic E-state index is 12.0. The van der Waals surface area contributed by atoms with Gasteiger partial charge in [0.1, 0.15) is 6.04 Å². The van der Waals surface area contributed by atoms with Crippen molar-refractivity contribution in [3.63, 3.8) is 0 Å². The lowest BCUT2D eigenvalue weighted by Gasteiger charge is -2.13. The highest BCUT2D eigenvalue weighted by Crippen LogP contribution is 2.32. The Bertz CT molecular complexity index is 774. The Labute approximate surface area is 125 Å². The summed E-state index contributed by atoms with van der Waals surface area (Å²) in [5, 5.41) is 15.7. The number of amides is 1. The number of hydrogen-bond donors (Lipinski definition) is 2. The van der Waals surface area contributed by atoms with Crippen LogP contribution in [0.5, 0.6) is 0 Å². The third-order valence-corrected chi connectivity index (χ3v) is 3.72. The molecule has 1 atom stereocenters. The molecule has 2 aromatic rings. The van der Waals surface area contributed by atoms with Crippen LogP contribution in [0.25, 0.3) is 5.65 Å². The van der Waals surface area contributed by atoms with Crippen LogP contribution in [0.15, 0.2) is 29.2 Å². The van der Waals surface area contributed by atoms with Crippen LogP contribution < -0.4 is 11.0 Å². The van der Waals surface area contributed by atoms with Crippen LogP contribution >= 0.6 is 0 Å². The molecule has 2 heterocycles. The average molecular weight is 304 g/mol. The van der Waals surface area contributed by atoms with Gasteiger partial charge in [-0.2, -0.15) is 0 Å². The number of rotatable bonds is 6. The summed E-state index contributed by atoms with van der Waals surface area (Å²) in [6.45, 7) is 0.114. The number of aliphatic carboxylic acids is 1. The summed E-state index contributed by atoms with van der Waals surface area (Å²) in [5.41, 5.74) is 0.190. The number of aromatic nitrogens is 3. The van der Waals surface area contributed by atoms with Crippen LogP contribution in [0.1, 0.15) is 19.3 Å². The lowest BCUT2D eigenvalue weighted by atomic mass is 10.2. The van der Waals surface area contributed by atoms with E-state index in [4.69, 9.17) is 5.11 Å². The molecule has 1 amide bonds. The van der Waals surface area contributed by atoms with Crippen LogP contribution in [-0.2, 0) is 16.1 Å². The molecule has 1 aliphatic rings. The molecule has 3 rings (SSSR count). The van der Waals surface area contributed by atoms with Crippen molar-refractivity contribution < 1.29 is 14.7 Å². The molecular weight excluding hydrogens is 288 g/mol. The van der Waals surface area contributed by atoms with Gasteiger partial charge >= 0.3 is 11.7 Å². The van der Waals surface area contributed by atoms with Crippen molar-refractivity contribution in [3.05, 3.63) is 34.9 Å². The van der Waals surface area contributed by atoms with Gasteiger partial charge in [-0.25, -0.2) is 14.3 Å². The van der Waals surface area contributed by atoms with E-state index in [9.17, 15) is 14.4 Å². The fourth-order valence-electron chi connectivity index (χ4n) is 2.38. The number of hydrogen-bond acceptors (Lipinski definition) is 4. The molecule has 8 nitrogen and oxygen atoms in total. The number of nitrogens with zero attached hydrogens (tertiary/aromatic N) is 3. The maximum Gasteiger partial charge on any atom is 0.350 e. The van der Waals surface area contributed by atoms with Crippen LogP contribution in [-0.4, -0.2) is 37.2 Å². The third-order valence-electron chi connectivity index (χ3n) is 3.72. The molecule has 0 radical (unpaired) electrons. The Morgan fingerprint density at radius 3 is 2.82 bits per heavy atom. The predicted octanol–water partition coefficient (Wildman–Crippen LogP) is -0.135. The number of pyridine rings is 1. The number of carbonyl (C=O) groups is 2. The summed E-state index contributed by atoms with van der Waals surface area (Å²) in [6, 6.07) is 4.36. The molecule has 1 saturated carbocycles. The molecule has 1 aliphatic carbocycles. The monoisotopic (exact) mass is 304 g/mol. The van der Waals surface area contributed by atoms with Gasteiger partial charge in [-0.05, 0) is 30.9 Å². The number of carboxylic acid groups (broad SMARTS) is 1. The second-order valence-corrected chi connectivity index (χ2v) is 5.41. The van der Waals surface area contributed by atoms with Crippen LogP contribution in [0.3, 0.4) is 0 Å². The summed E-state index contributed by atoms with van der Waals surface area (Å²) in [6.07, 6.45) is 3.27. The topological polar surface area (TPSA) is 106 Å². The molecular formula is C14H16N4O4. The van der Waals surface area contributed by atoms with E-state index in [1.807, 2.05) is 0 Å². The van der Waals surface area contributed by atoms with Gasteiger partial charge in [-0.3, -0.25) is 9.20 Å². The number of carboxylic acids is 1. The van der Waals surface area contributed by atoms with Gasteiger partial charge in [0.15, 0.2) is 5.65 Å². The fourth-order valence-corrected chi connectivity index (χ4v) is 2.38. The Hall–Kier alpha value is -2.64. The third kappa shape index (κ3) is 2.85. The normalized spacial score (nSPS) is 15.6. The number of fused-ring (bicyclic) bond motifs is 1. The first-order valence-corrected chi connectivity index (χ1v) is 7.12. The Morgan fingerprint density at radius 2 is 2.18 bits per heavy atom. The smallest absolute Gasteiger partial charge is 0.350 e. The number of nitrogens with one attached hydrogen (secondary N) is 1. The van der Waals surface area contributed by atoms with E-state index in [2.05, 4.69) is 10.4 Å². The van der Waals surface area contributed by atoms with E-state index < -0.39 is 12.0 Å². The SMILES string of the molecule is O=C(CCn1nc2ccccn2c1=O)NC(C(=O)O)C1CC1. The Balaban J connectivity index is 1.63. The van der Waals surface area contributed by atoms with Crippen molar-refractivity contribution in [3.8, 4) is 0 Å². The van der Waals surface area contributed by atoms with E-state index in [-0.39, 0.29) is 30.5 Å². The second kappa shape index (κ2) is 5.63. The molecule has 1 fully saturated rings. The van der Waals surface area contributed by atoms with E-state index in [1.165, 1.54) is 9.08 Å². The molecule has 2 N–H and O–H groups in total. The molecule has 0 spiro atoms. The number of aryl methyl sites for hydroxylation is 1. The minimum Gasteiger partial charge on any atom is -0.480 e. The van der Waals surface area contributed by atoms with Gasteiger partial charge in [0.05, 0.1) is 6.54 Å². The van der Waals surface area contributed by atoms with Gasteiger partial charge in [0, 0.05) is 12.6 Å². The standard InChI is InChI=1S/C14H16N4O4/c19-11(15-12(13(20)21)9-4-5-9)6-8-18-14(22)17-7-2-1-3-10(17)16-18/h1-3,7,9,12H,4-6,8H2,(H,15,19)(H,20,21). The van der Waals surface area contributed by atoms with Crippen LogP contribution in [0, 0.1) is 5.92 Å². The van der Waals surface area contributed by atoms with Gasteiger partial charge in [0.2, 0.25) is 5.91 Å². The molecule has 22 heavy (non-hydrogen) atoms. The van der Waals surface area contributed by atoms with Crippen LogP contribution in [0.2, 0.25) is 0 Å². The first kappa shape index (κ1) is 14.3. The molecule has 0 aliphatic heterocycles. The summed E-state index contributed by atoms with van der Waals surface area (Å²) in [7, 11) is 0. The summed E-state index contributed by atoms with van der Waals surface area (Å²) >= 11 is 0. The zero-order chi connectivity index (χ0) is 15.7. The highest BCUT2D eigenvalue weighted by Gasteiger charge is 2.37. The first-order chi connectivity index (χ1) is 10.6. The maximum atomic E-state index is 12.0. The van der Waals surface area contributed by atoms with E-state index in [0.717, 1.165) is 12.8 Å². The minimum absolute atomic E-state index is 0.0142. The van der Waals surface area contributed by atoms with Crippen molar-refractivity contribution in [1.82, 2.24) is 19.5 Å². The largest absolute Gasteiger partial charge is 0.480 e. The van der Waals surface area contributed by atoms with Gasteiger partial charge < -0.3 is 10.4 Å². The van der Waals surface area contributed by atoms with E-state index in [1.54, 1.807) is 24.4 Å². The van der Waals surface area contributed by atoms with Gasteiger partial charge in [-0.15, -0.1) is 5.10 Å². The minimum atomic E-state index is -1.01. The first-order valence-electron chi connectivity index (χ1n) is 7.12. The molecule has 8 heteroatoms.